The highest BCUT2D eigenvalue weighted by Crippen LogP contribution is 1.97. The first-order valence-electron chi connectivity index (χ1n) is 3.40. The van der Waals surface area contributed by atoms with Crippen LogP contribution in [0.1, 0.15) is 12.7 Å². The smallest absolute Gasteiger partial charge is 0.295 e. The lowest BCUT2D eigenvalue weighted by atomic mass is 10.4. The van der Waals surface area contributed by atoms with Gasteiger partial charge in [0, 0.05) is 13.5 Å². The molecular formula is C7H10N2O2. The van der Waals surface area contributed by atoms with E-state index in [-0.39, 0.29) is 5.75 Å². The lowest BCUT2D eigenvalue weighted by Gasteiger charge is -2.03. The van der Waals surface area contributed by atoms with Gasteiger partial charge in [0.1, 0.15) is 5.82 Å². The lowest BCUT2D eigenvalue weighted by Crippen LogP contribution is -2.20. The second-order valence-electron chi connectivity index (χ2n) is 2.28. The van der Waals surface area contributed by atoms with Crippen molar-refractivity contribution in [2.45, 2.75) is 13.3 Å². The van der Waals surface area contributed by atoms with Gasteiger partial charge in [0.05, 0.1) is 6.20 Å². The van der Waals surface area contributed by atoms with E-state index in [1.165, 1.54) is 10.8 Å². The minimum absolute atomic E-state index is 0.301. The van der Waals surface area contributed by atoms with E-state index in [0.717, 1.165) is 0 Å². The first kappa shape index (κ1) is 7.78. The number of nitrogens with zero attached hydrogens (tertiary/aromatic N) is 2. The Morgan fingerprint density at radius 1 is 1.73 bits per heavy atom. The van der Waals surface area contributed by atoms with E-state index < -0.39 is 5.56 Å². The number of hydrogen-bond acceptors (Lipinski definition) is 3. The topological polar surface area (TPSA) is 55.1 Å². The molecule has 0 radical (unpaired) electrons. The van der Waals surface area contributed by atoms with Crippen molar-refractivity contribution in [3.8, 4) is 5.75 Å². The van der Waals surface area contributed by atoms with Crippen LogP contribution in [0, 0.1) is 0 Å². The van der Waals surface area contributed by atoms with Gasteiger partial charge in [0.15, 0.2) is 5.75 Å². The maximum absolute atomic E-state index is 11.0. The van der Waals surface area contributed by atoms with Gasteiger partial charge in [0.2, 0.25) is 0 Å². The van der Waals surface area contributed by atoms with Gasteiger partial charge >= 0.3 is 0 Å². The molecule has 4 nitrogen and oxygen atoms in total. The zero-order valence-electron chi connectivity index (χ0n) is 6.53. The molecule has 1 rings (SSSR count). The molecular weight excluding hydrogens is 144 g/mol. The molecule has 0 atom stereocenters. The summed E-state index contributed by atoms with van der Waals surface area (Å²) in [5.74, 6) is 0.373. The molecule has 0 unspecified atom stereocenters. The fraction of sp³-hybridized carbons (Fsp3) is 0.429. The molecule has 0 fully saturated rings. The summed E-state index contributed by atoms with van der Waals surface area (Å²) < 4.78 is 1.34. The predicted molar refractivity (Wildman–Crippen MR) is 40.5 cm³/mol. The zero-order valence-corrected chi connectivity index (χ0v) is 6.53. The van der Waals surface area contributed by atoms with E-state index >= 15 is 0 Å². The summed E-state index contributed by atoms with van der Waals surface area (Å²) in [4.78, 5) is 14.9. The van der Waals surface area contributed by atoms with Crippen LogP contribution in [0.3, 0.4) is 0 Å². The minimum atomic E-state index is -0.392. The third-order valence-corrected chi connectivity index (χ3v) is 1.56. The molecule has 0 aliphatic carbocycles. The van der Waals surface area contributed by atoms with E-state index in [1.807, 2.05) is 6.92 Å². The quantitative estimate of drug-likeness (QED) is 0.621. The number of hydrogen-bond donors (Lipinski definition) is 1. The largest absolute Gasteiger partial charge is 0.502 e. The van der Waals surface area contributed by atoms with Gasteiger partial charge in [-0.05, 0) is 0 Å². The van der Waals surface area contributed by atoms with Crippen molar-refractivity contribution in [3.63, 3.8) is 0 Å². The Balaban J connectivity index is 3.37. The molecule has 0 aliphatic heterocycles. The first-order chi connectivity index (χ1) is 5.16. The van der Waals surface area contributed by atoms with Gasteiger partial charge in [0.25, 0.3) is 5.56 Å². The highest BCUT2D eigenvalue weighted by Gasteiger charge is 2.02. The highest BCUT2D eigenvalue weighted by molar-refractivity contribution is 5.11. The van der Waals surface area contributed by atoms with Crippen LogP contribution in [0.5, 0.6) is 5.75 Å². The summed E-state index contributed by atoms with van der Waals surface area (Å²) in [7, 11) is 1.59. The van der Waals surface area contributed by atoms with Crippen LogP contribution >= 0.6 is 0 Å². The Hall–Kier alpha value is -1.32. The SMILES string of the molecule is CCc1ncc(O)c(=O)n1C. The summed E-state index contributed by atoms with van der Waals surface area (Å²) in [6, 6.07) is 0. The molecule has 0 saturated carbocycles. The Labute approximate surface area is 64.1 Å². The summed E-state index contributed by atoms with van der Waals surface area (Å²) in [5, 5.41) is 8.92. The molecule has 1 N–H and O–H groups in total. The van der Waals surface area contributed by atoms with Gasteiger partial charge in [-0.25, -0.2) is 4.98 Å². The number of rotatable bonds is 1. The van der Waals surface area contributed by atoms with Crippen molar-refractivity contribution < 1.29 is 5.11 Å². The molecule has 1 heterocycles. The van der Waals surface area contributed by atoms with Crippen LogP contribution in [0.4, 0.5) is 0 Å². The first-order valence-corrected chi connectivity index (χ1v) is 3.40. The van der Waals surface area contributed by atoms with Crippen LogP contribution in [0.25, 0.3) is 0 Å². The standard InChI is InChI=1S/C7H10N2O2/c1-3-6-8-4-5(10)7(11)9(6)2/h4,10H,3H2,1-2H3. The molecule has 0 aromatic carbocycles. The van der Waals surface area contributed by atoms with Crippen molar-refractivity contribution in [3.05, 3.63) is 22.4 Å². The molecule has 0 amide bonds. The molecule has 0 aliphatic rings. The Bertz CT molecular complexity index is 317. The van der Waals surface area contributed by atoms with Crippen LogP contribution < -0.4 is 5.56 Å². The van der Waals surface area contributed by atoms with E-state index in [9.17, 15) is 4.79 Å². The maximum Gasteiger partial charge on any atom is 0.295 e. The summed E-state index contributed by atoms with van der Waals surface area (Å²) in [6.07, 6.45) is 1.87. The number of aromatic nitrogens is 2. The Kier molecular flexibility index (Phi) is 1.94. The minimum Gasteiger partial charge on any atom is -0.502 e. The molecule has 1 aromatic rings. The number of aromatic hydroxyl groups is 1. The third-order valence-electron chi connectivity index (χ3n) is 1.56. The molecule has 60 valence electrons. The van der Waals surface area contributed by atoms with Crippen molar-refractivity contribution in [1.29, 1.82) is 0 Å². The average molecular weight is 154 g/mol. The number of aryl methyl sites for hydroxylation is 1. The second-order valence-corrected chi connectivity index (χ2v) is 2.28. The van der Waals surface area contributed by atoms with Crippen molar-refractivity contribution >= 4 is 0 Å². The summed E-state index contributed by atoms with van der Waals surface area (Å²) in [6.45, 7) is 1.90. The highest BCUT2D eigenvalue weighted by atomic mass is 16.3. The maximum atomic E-state index is 11.0. The zero-order chi connectivity index (χ0) is 8.43. The second kappa shape index (κ2) is 2.74. The Morgan fingerprint density at radius 3 is 2.91 bits per heavy atom. The molecule has 4 heteroatoms. The van der Waals surface area contributed by atoms with E-state index in [0.29, 0.717) is 12.2 Å². The van der Waals surface area contributed by atoms with Crippen molar-refractivity contribution in [1.82, 2.24) is 9.55 Å². The molecule has 0 saturated heterocycles. The molecule has 1 aromatic heterocycles. The Morgan fingerprint density at radius 2 is 2.36 bits per heavy atom. The molecule has 11 heavy (non-hydrogen) atoms. The van der Waals surface area contributed by atoms with E-state index in [2.05, 4.69) is 4.98 Å². The summed E-state index contributed by atoms with van der Waals surface area (Å²) >= 11 is 0. The fourth-order valence-electron chi connectivity index (χ4n) is 0.895. The van der Waals surface area contributed by atoms with Crippen LogP contribution in [-0.2, 0) is 13.5 Å². The van der Waals surface area contributed by atoms with E-state index in [1.54, 1.807) is 7.05 Å². The van der Waals surface area contributed by atoms with Gasteiger partial charge in [-0.2, -0.15) is 0 Å². The summed E-state index contributed by atoms with van der Waals surface area (Å²) in [5.41, 5.74) is -0.392. The van der Waals surface area contributed by atoms with E-state index in [4.69, 9.17) is 5.11 Å². The van der Waals surface area contributed by atoms with Gasteiger partial charge in [-0.1, -0.05) is 6.92 Å². The van der Waals surface area contributed by atoms with Crippen LogP contribution in [0.15, 0.2) is 11.0 Å². The molecule has 0 spiro atoms. The lowest BCUT2D eigenvalue weighted by molar-refractivity contribution is 0.454. The monoisotopic (exact) mass is 154 g/mol. The third kappa shape index (κ3) is 1.24. The predicted octanol–water partition coefficient (Wildman–Crippen LogP) is 0.0483. The van der Waals surface area contributed by atoms with Crippen LogP contribution in [-0.4, -0.2) is 14.7 Å². The van der Waals surface area contributed by atoms with Gasteiger partial charge in [-0.3, -0.25) is 9.36 Å². The van der Waals surface area contributed by atoms with Crippen molar-refractivity contribution in [2.75, 3.05) is 0 Å². The average Bonchev–Trinajstić information content (AvgIpc) is 2.01. The molecule has 0 bridgehead atoms. The van der Waals surface area contributed by atoms with Gasteiger partial charge < -0.3 is 5.11 Å². The fourth-order valence-corrected chi connectivity index (χ4v) is 0.895. The van der Waals surface area contributed by atoms with Gasteiger partial charge in [-0.15, -0.1) is 0 Å². The normalized spacial score (nSPS) is 10.0. The van der Waals surface area contributed by atoms with Crippen LogP contribution in [0.2, 0.25) is 0 Å². The van der Waals surface area contributed by atoms with Crippen molar-refractivity contribution in [2.24, 2.45) is 7.05 Å².